The molecule has 0 saturated heterocycles. The summed E-state index contributed by atoms with van der Waals surface area (Å²) in [5.41, 5.74) is 2.47. The Kier molecular flexibility index (Phi) is 6.51. The highest BCUT2D eigenvalue weighted by atomic mass is 35.5. The van der Waals surface area contributed by atoms with Crippen molar-refractivity contribution in [3.05, 3.63) is 99.3 Å². The van der Waals surface area contributed by atoms with Crippen LogP contribution in [0.5, 0.6) is 5.75 Å². The van der Waals surface area contributed by atoms with Crippen molar-refractivity contribution in [3.63, 3.8) is 0 Å². The van der Waals surface area contributed by atoms with E-state index in [1.54, 1.807) is 12.1 Å². The van der Waals surface area contributed by atoms with E-state index in [2.05, 4.69) is 5.32 Å². The average Bonchev–Trinajstić information content (AvgIpc) is 2.63. The van der Waals surface area contributed by atoms with Crippen LogP contribution in [0.1, 0.15) is 16.7 Å². The molecule has 0 heterocycles. The third kappa shape index (κ3) is 4.98. The van der Waals surface area contributed by atoms with Crippen molar-refractivity contribution in [1.29, 1.82) is 0 Å². The zero-order valence-electron chi connectivity index (χ0n) is 14.0. The summed E-state index contributed by atoms with van der Waals surface area (Å²) in [5, 5.41) is 4.47. The number of nitrogens with one attached hydrogen (secondary N) is 1. The van der Waals surface area contributed by atoms with E-state index in [1.807, 2.05) is 48.5 Å². The van der Waals surface area contributed by atoms with Crippen LogP contribution in [-0.4, -0.2) is 0 Å². The van der Waals surface area contributed by atoms with E-state index >= 15 is 0 Å². The van der Waals surface area contributed by atoms with Crippen LogP contribution in [-0.2, 0) is 19.7 Å². The summed E-state index contributed by atoms with van der Waals surface area (Å²) >= 11 is 12.2. The maximum atomic E-state index is 13.8. The Morgan fingerprint density at radius 3 is 2.42 bits per heavy atom. The normalized spacial score (nSPS) is 10.7. The summed E-state index contributed by atoms with van der Waals surface area (Å²) in [5.74, 6) is 0.302. The van der Waals surface area contributed by atoms with Crippen LogP contribution in [0, 0.1) is 5.82 Å². The molecular formula is C21H18Cl2FNO. The highest BCUT2D eigenvalue weighted by molar-refractivity contribution is 6.31. The predicted molar refractivity (Wildman–Crippen MR) is 104 cm³/mol. The molecule has 0 aromatic heterocycles. The van der Waals surface area contributed by atoms with Gasteiger partial charge in [0.1, 0.15) is 18.2 Å². The third-order valence-corrected chi connectivity index (χ3v) is 4.67. The SMILES string of the molecule is Fc1cccc(Cl)c1COc1cccc(CNCc2ccccc2Cl)c1. The molecule has 2 nitrogen and oxygen atoms in total. The summed E-state index contributed by atoms with van der Waals surface area (Å²) in [6, 6.07) is 20.0. The summed E-state index contributed by atoms with van der Waals surface area (Å²) in [4.78, 5) is 0. The molecule has 0 saturated carbocycles. The molecule has 0 spiro atoms. The van der Waals surface area contributed by atoms with Gasteiger partial charge in [0, 0.05) is 23.7 Å². The second-order valence-corrected chi connectivity index (χ2v) is 6.65. The van der Waals surface area contributed by atoms with Crippen molar-refractivity contribution in [1.82, 2.24) is 5.32 Å². The Hall–Kier alpha value is -2.07. The molecule has 1 N–H and O–H groups in total. The molecule has 0 aliphatic carbocycles. The van der Waals surface area contributed by atoms with Gasteiger partial charge in [0.25, 0.3) is 0 Å². The lowest BCUT2D eigenvalue weighted by atomic mass is 10.2. The summed E-state index contributed by atoms with van der Waals surface area (Å²) in [6.07, 6.45) is 0. The Labute approximate surface area is 162 Å². The smallest absolute Gasteiger partial charge is 0.131 e. The quantitative estimate of drug-likeness (QED) is 0.534. The Balaban J connectivity index is 1.57. The molecule has 3 aromatic rings. The van der Waals surface area contributed by atoms with E-state index in [0.717, 1.165) is 16.1 Å². The Bertz CT molecular complexity index is 865. The maximum absolute atomic E-state index is 13.8. The van der Waals surface area contributed by atoms with Gasteiger partial charge in [-0.05, 0) is 41.5 Å². The average molecular weight is 390 g/mol. The Morgan fingerprint density at radius 2 is 1.62 bits per heavy atom. The highest BCUT2D eigenvalue weighted by Gasteiger charge is 2.08. The van der Waals surface area contributed by atoms with Crippen molar-refractivity contribution in [2.75, 3.05) is 0 Å². The number of rotatable bonds is 7. The van der Waals surface area contributed by atoms with Gasteiger partial charge in [-0.25, -0.2) is 4.39 Å². The number of halogens is 3. The fourth-order valence-electron chi connectivity index (χ4n) is 2.55. The second-order valence-electron chi connectivity index (χ2n) is 5.83. The summed E-state index contributed by atoms with van der Waals surface area (Å²) in [6.45, 7) is 1.43. The van der Waals surface area contributed by atoms with Gasteiger partial charge in [-0.2, -0.15) is 0 Å². The molecule has 3 rings (SSSR count). The molecule has 0 radical (unpaired) electrons. The molecule has 0 aliphatic heterocycles. The highest BCUT2D eigenvalue weighted by Crippen LogP contribution is 2.22. The number of hydrogen-bond acceptors (Lipinski definition) is 2. The fraction of sp³-hybridized carbons (Fsp3) is 0.143. The largest absolute Gasteiger partial charge is 0.489 e. The third-order valence-electron chi connectivity index (χ3n) is 3.95. The van der Waals surface area contributed by atoms with Crippen molar-refractivity contribution in [3.8, 4) is 5.75 Å². The maximum Gasteiger partial charge on any atom is 0.131 e. The van der Waals surface area contributed by atoms with Crippen molar-refractivity contribution >= 4 is 23.2 Å². The van der Waals surface area contributed by atoms with Gasteiger partial charge in [0.05, 0.1) is 5.02 Å². The molecular weight excluding hydrogens is 372 g/mol. The zero-order chi connectivity index (χ0) is 18.4. The monoisotopic (exact) mass is 389 g/mol. The van der Waals surface area contributed by atoms with E-state index in [0.29, 0.717) is 29.4 Å². The van der Waals surface area contributed by atoms with E-state index in [-0.39, 0.29) is 12.4 Å². The van der Waals surface area contributed by atoms with Gasteiger partial charge in [-0.3, -0.25) is 0 Å². The molecule has 5 heteroatoms. The van der Waals surface area contributed by atoms with Crippen LogP contribution < -0.4 is 10.1 Å². The first-order chi connectivity index (χ1) is 12.6. The van der Waals surface area contributed by atoms with Crippen LogP contribution in [0.4, 0.5) is 4.39 Å². The summed E-state index contributed by atoms with van der Waals surface area (Å²) < 4.78 is 19.5. The van der Waals surface area contributed by atoms with Crippen LogP contribution in [0.25, 0.3) is 0 Å². The molecule has 0 unspecified atom stereocenters. The topological polar surface area (TPSA) is 21.3 Å². The van der Waals surface area contributed by atoms with Gasteiger partial charge >= 0.3 is 0 Å². The van der Waals surface area contributed by atoms with Gasteiger partial charge in [0.2, 0.25) is 0 Å². The van der Waals surface area contributed by atoms with Gasteiger partial charge in [0.15, 0.2) is 0 Å². The minimum Gasteiger partial charge on any atom is -0.489 e. The Morgan fingerprint density at radius 1 is 0.846 bits per heavy atom. The van der Waals surface area contributed by atoms with Crippen molar-refractivity contribution < 1.29 is 9.13 Å². The van der Waals surface area contributed by atoms with E-state index in [4.69, 9.17) is 27.9 Å². The van der Waals surface area contributed by atoms with E-state index in [1.165, 1.54) is 6.07 Å². The first kappa shape index (κ1) is 18.7. The van der Waals surface area contributed by atoms with Crippen LogP contribution >= 0.6 is 23.2 Å². The standard InChI is InChI=1S/C21H18Cl2FNO/c22-19-8-2-1-6-16(19)13-25-12-15-5-3-7-17(11-15)26-14-18-20(23)9-4-10-21(18)24/h1-11,25H,12-14H2. The lowest BCUT2D eigenvalue weighted by Gasteiger charge is -2.11. The fourth-order valence-corrected chi connectivity index (χ4v) is 2.97. The molecule has 0 amide bonds. The molecule has 0 bridgehead atoms. The minimum absolute atomic E-state index is 0.0853. The first-order valence-corrected chi connectivity index (χ1v) is 8.98. The van der Waals surface area contributed by atoms with Gasteiger partial charge in [-0.1, -0.05) is 59.6 Å². The molecule has 0 atom stereocenters. The lowest BCUT2D eigenvalue weighted by Crippen LogP contribution is -2.13. The van der Waals surface area contributed by atoms with Crippen LogP contribution in [0.2, 0.25) is 10.0 Å². The predicted octanol–water partition coefficient (Wildman–Crippen LogP) is 6.00. The molecule has 0 fully saturated rings. The van der Waals surface area contributed by atoms with Crippen molar-refractivity contribution in [2.24, 2.45) is 0 Å². The number of benzene rings is 3. The molecule has 26 heavy (non-hydrogen) atoms. The zero-order valence-corrected chi connectivity index (χ0v) is 15.5. The molecule has 0 aliphatic rings. The van der Waals surface area contributed by atoms with Gasteiger partial charge < -0.3 is 10.1 Å². The van der Waals surface area contributed by atoms with E-state index < -0.39 is 0 Å². The lowest BCUT2D eigenvalue weighted by molar-refractivity contribution is 0.299. The van der Waals surface area contributed by atoms with Crippen molar-refractivity contribution in [2.45, 2.75) is 19.7 Å². The molecule has 134 valence electrons. The van der Waals surface area contributed by atoms with Crippen LogP contribution in [0.3, 0.4) is 0 Å². The van der Waals surface area contributed by atoms with E-state index in [9.17, 15) is 4.39 Å². The molecule has 3 aromatic carbocycles. The first-order valence-electron chi connectivity index (χ1n) is 8.22. The van der Waals surface area contributed by atoms with Crippen LogP contribution in [0.15, 0.2) is 66.7 Å². The minimum atomic E-state index is -0.366. The number of ether oxygens (including phenoxy) is 1. The summed E-state index contributed by atoms with van der Waals surface area (Å²) in [7, 11) is 0. The van der Waals surface area contributed by atoms with Gasteiger partial charge in [-0.15, -0.1) is 0 Å². The number of hydrogen-bond donors (Lipinski definition) is 1. The second kappa shape index (κ2) is 9.04.